The average molecular weight is 341 g/mol. The van der Waals surface area contributed by atoms with Gasteiger partial charge in [-0.15, -0.1) is 6.58 Å². The Kier molecular flexibility index (Phi) is 5.34. The van der Waals surface area contributed by atoms with Gasteiger partial charge in [-0.1, -0.05) is 6.08 Å². The summed E-state index contributed by atoms with van der Waals surface area (Å²) in [4.78, 5) is 8.10. The molecule has 5 atom stereocenters. The molecule has 1 amide bonds. The van der Waals surface area contributed by atoms with Gasteiger partial charge in [0.25, 0.3) is 0 Å². The Hall–Kier alpha value is -1.08. The second-order valence-electron chi connectivity index (χ2n) is 5.00. The molecule has 11 heteroatoms. The molecule has 0 aromatic rings. The first-order valence-corrected chi connectivity index (χ1v) is 7.63. The van der Waals surface area contributed by atoms with Gasteiger partial charge in [0.1, 0.15) is 18.2 Å². The number of hydrogen-bond acceptors (Lipinski definition) is 8. The molecule has 1 saturated heterocycles. The van der Waals surface area contributed by atoms with Gasteiger partial charge in [-0.05, 0) is 0 Å². The maximum atomic E-state index is 11.5. The van der Waals surface area contributed by atoms with Crippen LogP contribution in [-0.2, 0) is 19.6 Å². The van der Waals surface area contributed by atoms with Crippen LogP contribution in [0.15, 0.2) is 12.7 Å². The lowest BCUT2D eigenvalue weighted by molar-refractivity contribution is -0.331. The predicted molar refractivity (Wildman–Crippen MR) is 71.8 cm³/mol. The second kappa shape index (κ2) is 6.20. The Morgan fingerprint density at radius 2 is 2.00 bits per heavy atom. The molecule has 1 aliphatic rings. The van der Waals surface area contributed by atoms with Crippen molar-refractivity contribution < 1.29 is 42.9 Å². The van der Waals surface area contributed by atoms with Crippen LogP contribution in [0.4, 0.5) is 0 Å². The fraction of sp³-hybridized carbons (Fsp3) is 0.727. The number of amides is 1. The normalized spacial score (nSPS) is 39.3. The lowest BCUT2D eigenvalue weighted by atomic mass is 9.88. The summed E-state index contributed by atoms with van der Waals surface area (Å²) in [6.07, 6.45) is -3.77. The van der Waals surface area contributed by atoms with Crippen LogP contribution in [-0.4, -0.2) is 74.9 Å². The van der Waals surface area contributed by atoms with Gasteiger partial charge >= 0.3 is 10.1 Å². The van der Waals surface area contributed by atoms with E-state index in [0.29, 0.717) is 0 Å². The Morgan fingerprint density at radius 1 is 1.45 bits per heavy atom. The topological polar surface area (TPSA) is 174 Å². The second-order valence-corrected chi connectivity index (χ2v) is 6.64. The van der Waals surface area contributed by atoms with Gasteiger partial charge in [0.15, 0.2) is 5.79 Å². The molecule has 1 heterocycles. The van der Waals surface area contributed by atoms with Gasteiger partial charge < -0.3 is 30.5 Å². The van der Waals surface area contributed by atoms with Gasteiger partial charge in [0.05, 0.1) is 6.61 Å². The summed E-state index contributed by atoms with van der Waals surface area (Å²) in [6, 6.07) is -1.63. The number of rotatable bonds is 5. The molecule has 1 aliphatic heterocycles. The summed E-state index contributed by atoms with van der Waals surface area (Å²) in [5.74, 6) is -3.24. The highest BCUT2D eigenvalue weighted by molar-refractivity contribution is 7.87. The number of carbonyl (C=O) groups excluding carboxylic acids is 1. The van der Waals surface area contributed by atoms with Crippen molar-refractivity contribution in [1.82, 2.24) is 5.32 Å². The van der Waals surface area contributed by atoms with Gasteiger partial charge in [-0.2, -0.15) is 8.42 Å². The van der Waals surface area contributed by atoms with Crippen LogP contribution in [0.5, 0.6) is 0 Å². The van der Waals surface area contributed by atoms with Crippen LogP contribution in [0, 0.1) is 0 Å². The van der Waals surface area contributed by atoms with Crippen molar-refractivity contribution in [3.8, 4) is 0 Å². The zero-order valence-electron chi connectivity index (χ0n) is 11.7. The molecule has 0 saturated carbocycles. The minimum Gasteiger partial charge on any atom is -0.392 e. The van der Waals surface area contributed by atoms with Crippen LogP contribution < -0.4 is 5.32 Å². The maximum Gasteiger partial charge on any atom is 0.300 e. The van der Waals surface area contributed by atoms with Crippen LogP contribution in [0.25, 0.3) is 0 Å². The Balaban J connectivity index is 3.44. The van der Waals surface area contributed by atoms with E-state index in [9.17, 15) is 38.2 Å². The van der Waals surface area contributed by atoms with Gasteiger partial charge in [-0.3, -0.25) is 9.35 Å². The van der Waals surface area contributed by atoms with Gasteiger partial charge in [0.2, 0.25) is 10.8 Å². The van der Waals surface area contributed by atoms with Crippen molar-refractivity contribution in [3.05, 3.63) is 12.7 Å². The minimum atomic E-state index is -5.25. The van der Waals surface area contributed by atoms with E-state index in [4.69, 9.17) is 4.74 Å². The lowest BCUT2D eigenvalue weighted by Gasteiger charge is -2.51. The van der Waals surface area contributed by atoms with Crippen LogP contribution in [0.1, 0.15) is 13.3 Å². The monoisotopic (exact) mass is 341 g/mol. The first kappa shape index (κ1) is 19.0. The largest absolute Gasteiger partial charge is 0.392 e. The smallest absolute Gasteiger partial charge is 0.300 e. The molecular weight excluding hydrogens is 322 g/mol. The highest BCUT2D eigenvalue weighted by Gasteiger charge is 2.65. The fourth-order valence-electron chi connectivity index (χ4n) is 2.34. The van der Waals surface area contributed by atoms with Crippen molar-refractivity contribution in [2.24, 2.45) is 0 Å². The van der Waals surface area contributed by atoms with Gasteiger partial charge in [-0.25, -0.2) is 0 Å². The first-order chi connectivity index (χ1) is 9.95. The summed E-state index contributed by atoms with van der Waals surface area (Å²) < 4.78 is 37.1. The predicted octanol–water partition coefficient (Wildman–Crippen LogP) is -2.92. The van der Waals surface area contributed by atoms with Crippen LogP contribution in [0.2, 0.25) is 0 Å². The number of nitrogens with one attached hydrogen (secondary N) is 1. The lowest BCUT2D eigenvalue weighted by Crippen LogP contribution is -2.76. The maximum absolute atomic E-state index is 11.5. The Bertz CT molecular complexity index is 550. The molecule has 0 aromatic carbocycles. The van der Waals surface area contributed by atoms with E-state index in [0.717, 1.165) is 13.0 Å². The molecule has 1 unspecified atom stereocenters. The molecule has 128 valence electrons. The summed E-state index contributed by atoms with van der Waals surface area (Å²) >= 11 is 0. The van der Waals surface area contributed by atoms with E-state index in [-0.39, 0.29) is 0 Å². The quantitative estimate of drug-likeness (QED) is 0.226. The zero-order valence-corrected chi connectivity index (χ0v) is 12.5. The highest BCUT2D eigenvalue weighted by Crippen LogP contribution is 2.39. The highest BCUT2D eigenvalue weighted by atomic mass is 32.2. The number of hydrogen-bond donors (Lipinski definition) is 6. The molecule has 0 aliphatic carbocycles. The first-order valence-electron chi connectivity index (χ1n) is 6.19. The van der Waals surface area contributed by atoms with Crippen molar-refractivity contribution in [1.29, 1.82) is 0 Å². The number of carbonyl (C=O) groups is 1. The van der Waals surface area contributed by atoms with E-state index < -0.39 is 58.0 Å². The van der Waals surface area contributed by atoms with Crippen molar-refractivity contribution >= 4 is 16.0 Å². The molecule has 10 nitrogen and oxygen atoms in total. The average Bonchev–Trinajstić information content (AvgIpc) is 2.38. The Labute approximate surface area is 126 Å². The summed E-state index contributed by atoms with van der Waals surface area (Å²) in [5, 5.41) is 41.8. The SMILES string of the molecule is C=CCC1(O)O[C@](CO)(S(=O)(=O)O)[C@@H](O)[C@H](O)[C@H]1NC(C)=O. The van der Waals surface area contributed by atoms with Crippen molar-refractivity contribution in [2.75, 3.05) is 6.61 Å². The van der Waals surface area contributed by atoms with Crippen LogP contribution >= 0.6 is 0 Å². The number of aliphatic hydroxyl groups excluding tert-OH is 3. The standard InChI is InChI=1S/C11H19NO9S/c1-3-4-10(17)8(12-6(2)14)7(15)9(16)11(5-13,21-10)22(18,19)20/h3,7-9,13,15-17H,1,4-5H2,2H3,(H,12,14)(H,18,19,20)/t7-,8-,9+,10?,11-/m1/s1. The van der Waals surface area contributed by atoms with E-state index in [1.54, 1.807) is 0 Å². The molecule has 22 heavy (non-hydrogen) atoms. The number of aliphatic hydroxyl groups is 4. The fourth-order valence-corrected chi connectivity index (χ4v) is 3.19. The van der Waals surface area contributed by atoms with Gasteiger partial charge in [0, 0.05) is 13.3 Å². The Morgan fingerprint density at radius 3 is 2.36 bits per heavy atom. The third-order valence-electron chi connectivity index (χ3n) is 3.40. The van der Waals surface area contributed by atoms with Crippen molar-refractivity contribution in [3.63, 3.8) is 0 Å². The van der Waals surface area contributed by atoms with E-state index in [1.807, 2.05) is 0 Å². The van der Waals surface area contributed by atoms with E-state index in [2.05, 4.69) is 11.9 Å². The summed E-state index contributed by atoms with van der Waals surface area (Å²) in [5.41, 5.74) is 0. The number of ether oxygens (including phenoxy) is 1. The third-order valence-corrected chi connectivity index (χ3v) is 4.73. The van der Waals surface area contributed by atoms with E-state index >= 15 is 0 Å². The van der Waals surface area contributed by atoms with E-state index in [1.165, 1.54) is 0 Å². The summed E-state index contributed by atoms with van der Waals surface area (Å²) in [7, 11) is -5.25. The summed E-state index contributed by atoms with van der Waals surface area (Å²) in [6.45, 7) is 2.93. The zero-order chi connectivity index (χ0) is 17.3. The van der Waals surface area contributed by atoms with Crippen molar-refractivity contribution in [2.45, 2.75) is 42.3 Å². The molecule has 1 rings (SSSR count). The molecule has 0 aromatic heterocycles. The molecular formula is C11H19NO9S. The van der Waals surface area contributed by atoms with Crippen LogP contribution in [0.3, 0.4) is 0 Å². The molecule has 0 radical (unpaired) electrons. The minimum absolute atomic E-state index is 0.473. The molecule has 6 N–H and O–H groups in total. The third kappa shape index (κ3) is 3.01. The molecule has 0 bridgehead atoms. The molecule has 0 spiro atoms. The molecule has 1 fully saturated rings.